The van der Waals surface area contributed by atoms with Crippen LogP contribution in [0.3, 0.4) is 0 Å². The standard InChI is InChI=1S/C11H13ClO2/c1-7-9(12)5-8(6-10(7)14-2)11(13)3-4-11/h5-6,13H,3-4H2,1-2H3. The highest BCUT2D eigenvalue weighted by atomic mass is 35.5. The van der Waals surface area contributed by atoms with Gasteiger partial charge in [0.1, 0.15) is 5.75 Å². The molecule has 0 aliphatic heterocycles. The molecular formula is C11H13ClO2. The van der Waals surface area contributed by atoms with Gasteiger partial charge in [-0.3, -0.25) is 0 Å². The predicted molar refractivity (Wildman–Crippen MR) is 55.9 cm³/mol. The van der Waals surface area contributed by atoms with Crippen LogP contribution in [0.5, 0.6) is 5.75 Å². The molecule has 3 heteroatoms. The van der Waals surface area contributed by atoms with E-state index in [1.54, 1.807) is 7.11 Å². The first-order valence-electron chi connectivity index (χ1n) is 4.64. The van der Waals surface area contributed by atoms with Crippen LogP contribution in [-0.2, 0) is 5.60 Å². The molecular weight excluding hydrogens is 200 g/mol. The topological polar surface area (TPSA) is 29.5 Å². The first-order valence-corrected chi connectivity index (χ1v) is 5.01. The Labute approximate surface area is 88.5 Å². The predicted octanol–water partition coefficient (Wildman–Crippen LogP) is 2.64. The number of rotatable bonds is 2. The van der Waals surface area contributed by atoms with Crippen molar-refractivity contribution in [1.82, 2.24) is 0 Å². The summed E-state index contributed by atoms with van der Waals surface area (Å²) in [5.74, 6) is 0.743. The Morgan fingerprint density at radius 2 is 2.07 bits per heavy atom. The average molecular weight is 213 g/mol. The van der Waals surface area contributed by atoms with Gasteiger partial charge in [-0.25, -0.2) is 0 Å². The van der Waals surface area contributed by atoms with Gasteiger partial charge >= 0.3 is 0 Å². The average Bonchev–Trinajstić information content (AvgIpc) is 2.89. The van der Waals surface area contributed by atoms with Crippen molar-refractivity contribution in [1.29, 1.82) is 0 Å². The lowest BCUT2D eigenvalue weighted by Gasteiger charge is -2.13. The van der Waals surface area contributed by atoms with Crippen molar-refractivity contribution in [3.63, 3.8) is 0 Å². The molecule has 0 heterocycles. The van der Waals surface area contributed by atoms with E-state index in [0.29, 0.717) is 5.02 Å². The Hall–Kier alpha value is -0.730. The SMILES string of the molecule is COc1cc(C2(O)CC2)cc(Cl)c1C. The molecule has 76 valence electrons. The van der Waals surface area contributed by atoms with E-state index in [0.717, 1.165) is 29.7 Å². The summed E-state index contributed by atoms with van der Waals surface area (Å²) < 4.78 is 5.19. The van der Waals surface area contributed by atoms with Crippen LogP contribution < -0.4 is 4.74 Å². The number of methoxy groups -OCH3 is 1. The van der Waals surface area contributed by atoms with Crippen LogP contribution in [0.25, 0.3) is 0 Å². The Bertz CT molecular complexity index is 370. The van der Waals surface area contributed by atoms with Gasteiger partial charge in [0.05, 0.1) is 12.7 Å². The van der Waals surface area contributed by atoms with Gasteiger partial charge in [-0.2, -0.15) is 0 Å². The third kappa shape index (κ3) is 1.49. The quantitative estimate of drug-likeness (QED) is 0.817. The van der Waals surface area contributed by atoms with E-state index < -0.39 is 5.60 Å². The van der Waals surface area contributed by atoms with E-state index in [1.807, 2.05) is 19.1 Å². The molecule has 0 bridgehead atoms. The van der Waals surface area contributed by atoms with Crippen molar-refractivity contribution < 1.29 is 9.84 Å². The lowest BCUT2D eigenvalue weighted by molar-refractivity contribution is 0.151. The second-order valence-corrected chi connectivity index (χ2v) is 4.22. The zero-order valence-electron chi connectivity index (χ0n) is 8.30. The maximum Gasteiger partial charge on any atom is 0.123 e. The highest BCUT2D eigenvalue weighted by molar-refractivity contribution is 6.31. The van der Waals surface area contributed by atoms with Crippen molar-refractivity contribution in [3.8, 4) is 5.75 Å². The molecule has 1 aromatic rings. The normalized spacial score (nSPS) is 18.0. The van der Waals surface area contributed by atoms with Crippen LogP contribution in [0.1, 0.15) is 24.0 Å². The van der Waals surface area contributed by atoms with Crippen LogP contribution in [-0.4, -0.2) is 12.2 Å². The van der Waals surface area contributed by atoms with E-state index in [9.17, 15) is 5.11 Å². The minimum atomic E-state index is -0.648. The molecule has 0 amide bonds. The van der Waals surface area contributed by atoms with E-state index in [2.05, 4.69) is 0 Å². The molecule has 0 spiro atoms. The number of halogens is 1. The summed E-state index contributed by atoms with van der Waals surface area (Å²) in [6, 6.07) is 3.70. The first-order chi connectivity index (χ1) is 6.57. The Morgan fingerprint density at radius 3 is 2.57 bits per heavy atom. The van der Waals surface area contributed by atoms with Crippen LogP contribution in [0.15, 0.2) is 12.1 Å². The minimum absolute atomic E-state index is 0.648. The third-order valence-corrected chi connectivity index (χ3v) is 3.17. The van der Waals surface area contributed by atoms with E-state index >= 15 is 0 Å². The molecule has 14 heavy (non-hydrogen) atoms. The molecule has 2 nitrogen and oxygen atoms in total. The minimum Gasteiger partial charge on any atom is -0.496 e. The van der Waals surface area contributed by atoms with Gasteiger partial charge in [0.2, 0.25) is 0 Å². The van der Waals surface area contributed by atoms with Gasteiger partial charge in [0.25, 0.3) is 0 Å². The maximum absolute atomic E-state index is 9.92. The summed E-state index contributed by atoms with van der Waals surface area (Å²) in [6.45, 7) is 1.90. The molecule has 1 aliphatic carbocycles. The fourth-order valence-electron chi connectivity index (χ4n) is 1.54. The smallest absolute Gasteiger partial charge is 0.123 e. The zero-order chi connectivity index (χ0) is 10.3. The second kappa shape index (κ2) is 3.14. The summed E-state index contributed by atoms with van der Waals surface area (Å²) >= 11 is 6.04. The highest BCUT2D eigenvalue weighted by Gasteiger charge is 2.42. The number of aliphatic hydroxyl groups is 1. The highest BCUT2D eigenvalue weighted by Crippen LogP contribution is 2.47. The Balaban J connectivity index is 2.48. The van der Waals surface area contributed by atoms with Crippen molar-refractivity contribution >= 4 is 11.6 Å². The number of hydrogen-bond acceptors (Lipinski definition) is 2. The second-order valence-electron chi connectivity index (χ2n) is 3.82. The number of ether oxygens (including phenoxy) is 1. The van der Waals surface area contributed by atoms with Crippen LogP contribution in [0.4, 0.5) is 0 Å². The molecule has 0 unspecified atom stereocenters. The summed E-state index contributed by atoms with van der Waals surface area (Å²) in [7, 11) is 1.61. The van der Waals surface area contributed by atoms with Crippen molar-refractivity contribution in [2.24, 2.45) is 0 Å². The molecule has 1 fully saturated rings. The molecule has 2 rings (SSSR count). The first kappa shape index (κ1) is 9.81. The zero-order valence-corrected chi connectivity index (χ0v) is 9.06. The fourth-order valence-corrected chi connectivity index (χ4v) is 1.75. The van der Waals surface area contributed by atoms with Crippen molar-refractivity contribution in [2.45, 2.75) is 25.4 Å². The summed E-state index contributed by atoms with van der Waals surface area (Å²) in [5.41, 5.74) is 1.14. The molecule has 1 saturated carbocycles. The molecule has 0 atom stereocenters. The van der Waals surface area contributed by atoms with E-state index in [1.165, 1.54) is 0 Å². The number of hydrogen-bond donors (Lipinski definition) is 1. The Morgan fingerprint density at radius 1 is 1.43 bits per heavy atom. The van der Waals surface area contributed by atoms with Crippen LogP contribution in [0.2, 0.25) is 5.02 Å². The number of benzene rings is 1. The lowest BCUT2D eigenvalue weighted by atomic mass is 10.0. The van der Waals surface area contributed by atoms with Gasteiger partial charge < -0.3 is 9.84 Å². The molecule has 0 aromatic heterocycles. The van der Waals surface area contributed by atoms with Gasteiger partial charge in [-0.05, 0) is 37.5 Å². The van der Waals surface area contributed by atoms with Crippen LogP contribution in [0, 0.1) is 6.92 Å². The summed E-state index contributed by atoms with van der Waals surface area (Å²) in [5, 5.41) is 10.6. The molecule has 1 N–H and O–H groups in total. The van der Waals surface area contributed by atoms with Gasteiger partial charge in [0.15, 0.2) is 0 Å². The molecule has 0 saturated heterocycles. The maximum atomic E-state index is 9.92. The molecule has 1 aliphatic rings. The molecule has 0 radical (unpaired) electrons. The van der Waals surface area contributed by atoms with Crippen LogP contribution >= 0.6 is 11.6 Å². The van der Waals surface area contributed by atoms with Gasteiger partial charge in [-0.15, -0.1) is 0 Å². The van der Waals surface area contributed by atoms with E-state index in [-0.39, 0.29) is 0 Å². The lowest BCUT2D eigenvalue weighted by Crippen LogP contribution is -2.05. The van der Waals surface area contributed by atoms with Gasteiger partial charge in [-0.1, -0.05) is 11.6 Å². The van der Waals surface area contributed by atoms with E-state index in [4.69, 9.17) is 16.3 Å². The van der Waals surface area contributed by atoms with Gasteiger partial charge in [0, 0.05) is 10.6 Å². The summed E-state index contributed by atoms with van der Waals surface area (Å²) in [4.78, 5) is 0. The summed E-state index contributed by atoms with van der Waals surface area (Å²) in [6.07, 6.45) is 1.63. The monoisotopic (exact) mass is 212 g/mol. The van der Waals surface area contributed by atoms with Crippen molar-refractivity contribution in [2.75, 3.05) is 7.11 Å². The Kier molecular flexibility index (Phi) is 2.20. The van der Waals surface area contributed by atoms with Crippen molar-refractivity contribution in [3.05, 3.63) is 28.3 Å². The largest absolute Gasteiger partial charge is 0.496 e. The third-order valence-electron chi connectivity index (χ3n) is 2.78. The fraction of sp³-hybridized carbons (Fsp3) is 0.455. The molecule has 1 aromatic carbocycles.